The van der Waals surface area contributed by atoms with Gasteiger partial charge in [0.2, 0.25) is 0 Å². The molecule has 1 unspecified atom stereocenters. The zero-order valence-corrected chi connectivity index (χ0v) is 13.6. The first-order valence-electron chi connectivity index (χ1n) is 7.47. The minimum atomic E-state index is 0.184. The third kappa shape index (κ3) is 3.40. The Balaban J connectivity index is 2.03. The van der Waals surface area contributed by atoms with Gasteiger partial charge in [-0.25, -0.2) is 0 Å². The van der Waals surface area contributed by atoms with Gasteiger partial charge in [-0.15, -0.1) is 0 Å². The zero-order chi connectivity index (χ0) is 15.6. The Morgan fingerprint density at radius 1 is 1.29 bits per heavy atom. The first kappa shape index (κ1) is 15.5. The van der Waals surface area contributed by atoms with Crippen molar-refractivity contribution in [2.24, 2.45) is 7.05 Å². The summed E-state index contributed by atoms with van der Waals surface area (Å²) in [6.07, 6.45) is 3.80. The fourth-order valence-corrected chi connectivity index (χ4v) is 2.44. The predicted molar refractivity (Wildman–Crippen MR) is 82.3 cm³/mol. The molecule has 1 atom stereocenters. The van der Waals surface area contributed by atoms with Crippen LogP contribution in [-0.4, -0.2) is 25.3 Å². The van der Waals surface area contributed by atoms with Crippen LogP contribution in [0.4, 0.5) is 0 Å². The van der Waals surface area contributed by atoms with Crippen LogP contribution in [-0.2, 0) is 24.7 Å². The second-order valence-electron chi connectivity index (χ2n) is 5.71. The Bertz CT molecular complexity index is 639. The van der Waals surface area contributed by atoms with Gasteiger partial charge in [-0.1, -0.05) is 6.92 Å². The molecule has 2 heterocycles. The van der Waals surface area contributed by atoms with Gasteiger partial charge in [0.15, 0.2) is 0 Å². The molecule has 0 saturated heterocycles. The number of aromatic nitrogens is 4. The SMILES string of the molecule is CCC(C)n1ccc(CC(=O)Cc2c(C)nn(C)c2C)n1. The fraction of sp³-hybridized carbons (Fsp3) is 0.562. The van der Waals surface area contributed by atoms with Crippen LogP contribution in [0.5, 0.6) is 0 Å². The quantitative estimate of drug-likeness (QED) is 0.821. The molecule has 0 amide bonds. The average molecular weight is 288 g/mol. The molecule has 114 valence electrons. The van der Waals surface area contributed by atoms with Gasteiger partial charge >= 0.3 is 0 Å². The molecule has 0 N–H and O–H groups in total. The number of rotatable bonds is 6. The average Bonchev–Trinajstić information content (AvgIpc) is 2.99. The molecule has 0 fully saturated rings. The van der Waals surface area contributed by atoms with Crippen molar-refractivity contribution in [1.82, 2.24) is 19.6 Å². The van der Waals surface area contributed by atoms with Crippen LogP contribution in [0, 0.1) is 13.8 Å². The first-order chi connectivity index (χ1) is 9.92. The van der Waals surface area contributed by atoms with Crippen molar-refractivity contribution in [1.29, 1.82) is 0 Å². The van der Waals surface area contributed by atoms with E-state index in [0.29, 0.717) is 18.9 Å². The van der Waals surface area contributed by atoms with Crippen LogP contribution < -0.4 is 0 Å². The molecule has 0 aliphatic heterocycles. The highest BCUT2D eigenvalue weighted by Crippen LogP contribution is 2.14. The number of ketones is 1. The molecule has 5 heteroatoms. The van der Waals surface area contributed by atoms with Gasteiger partial charge in [0.1, 0.15) is 5.78 Å². The molecule has 2 aromatic heterocycles. The van der Waals surface area contributed by atoms with E-state index < -0.39 is 0 Å². The van der Waals surface area contributed by atoms with E-state index in [1.807, 2.05) is 42.5 Å². The highest BCUT2D eigenvalue weighted by molar-refractivity contribution is 5.83. The molecule has 2 aromatic rings. The maximum Gasteiger partial charge on any atom is 0.143 e. The summed E-state index contributed by atoms with van der Waals surface area (Å²) < 4.78 is 3.76. The number of carbonyl (C=O) groups excluding carboxylic acids is 1. The van der Waals surface area contributed by atoms with Gasteiger partial charge in [0.25, 0.3) is 0 Å². The third-order valence-corrected chi connectivity index (χ3v) is 4.12. The van der Waals surface area contributed by atoms with E-state index in [1.54, 1.807) is 0 Å². The van der Waals surface area contributed by atoms with Crippen molar-refractivity contribution >= 4 is 5.78 Å². The molecular formula is C16H24N4O. The van der Waals surface area contributed by atoms with Crippen LogP contribution in [0.1, 0.15) is 49.0 Å². The van der Waals surface area contributed by atoms with Crippen molar-refractivity contribution in [3.05, 3.63) is 34.9 Å². The molecule has 5 nitrogen and oxygen atoms in total. The number of aryl methyl sites for hydroxylation is 2. The minimum absolute atomic E-state index is 0.184. The highest BCUT2D eigenvalue weighted by Gasteiger charge is 2.15. The first-order valence-corrected chi connectivity index (χ1v) is 7.47. The van der Waals surface area contributed by atoms with Crippen molar-refractivity contribution in [2.75, 3.05) is 0 Å². The lowest BCUT2D eigenvalue weighted by Crippen LogP contribution is -2.10. The van der Waals surface area contributed by atoms with Gasteiger partial charge in [-0.2, -0.15) is 10.2 Å². The number of carbonyl (C=O) groups is 1. The van der Waals surface area contributed by atoms with E-state index in [0.717, 1.165) is 29.1 Å². The number of hydrogen-bond acceptors (Lipinski definition) is 3. The highest BCUT2D eigenvalue weighted by atomic mass is 16.1. The molecule has 0 spiro atoms. The lowest BCUT2D eigenvalue weighted by atomic mass is 10.0. The Hall–Kier alpha value is -1.91. The summed E-state index contributed by atoms with van der Waals surface area (Å²) in [6.45, 7) is 8.21. The standard InChI is InChI=1S/C16H24N4O/c1-6-11(2)20-8-7-14(18-20)9-15(21)10-16-12(3)17-19(5)13(16)4/h7-8,11H,6,9-10H2,1-5H3. The largest absolute Gasteiger partial charge is 0.299 e. The lowest BCUT2D eigenvalue weighted by molar-refractivity contribution is -0.117. The number of hydrogen-bond donors (Lipinski definition) is 0. The Labute approximate surface area is 126 Å². The Kier molecular flexibility index (Phi) is 4.60. The second-order valence-corrected chi connectivity index (χ2v) is 5.71. The van der Waals surface area contributed by atoms with Crippen LogP contribution in [0.15, 0.2) is 12.3 Å². The summed E-state index contributed by atoms with van der Waals surface area (Å²) in [5.41, 5.74) is 3.89. The van der Waals surface area contributed by atoms with Gasteiger partial charge in [0, 0.05) is 37.0 Å². The number of Topliss-reactive ketones (excluding diaryl/α,β-unsaturated/α-hetero) is 1. The van der Waals surface area contributed by atoms with Crippen LogP contribution >= 0.6 is 0 Å². The minimum Gasteiger partial charge on any atom is -0.299 e. The van der Waals surface area contributed by atoms with Gasteiger partial charge < -0.3 is 0 Å². The van der Waals surface area contributed by atoms with Crippen molar-refractivity contribution in [3.8, 4) is 0 Å². The smallest absolute Gasteiger partial charge is 0.143 e. The van der Waals surface area contributed by atoms with Crippen molar-refractivity contribution in [2.45, 2.75) is 53.0 Å². The summed E-state index contributed by atoms with van der Waals surface area (Å²) in [5.74, 6) is 0.184. The third-order valence-electron chi connectivity index (χ3n) is 4.12. The number of nitrogens with zero attached hydrogens (tertiary/aromatic N) is 4. The second kappa shape index (κ2) is 6.24. The molecule has 0 bridgehead atoms. The van der Waals surface area contributed by atoms with Crippen molar-refractivity contribution in [3.63, 3.8) is 0 Å². The van der Waals surface area contributed by atoms with E-state index in [-0.39, 0.29) is 5.78 Å². The molecule has 21 heavy (non-hydrogen) atoms. The van der Waals surface area contributed by atoms with Gasteiger partial charge in [-0.05, 0) is 33.3 Å². The van der Waals surface area contributed by atoms with E-state index in [9.17, 15) is 4.79 Å². The molecule has 2 rings (SSSR count). The maximum atomic E-state index is 12.3. The molecular weight excluding hydrogens is 264 g/mol. The monoisotopic (exact) mass is 288 g/mol. The van der Waals surface area contributed by atoms with Crippen LogP contribution in [0.3, 0.4) is 0 Å². The molecule has 0 aliphatic rings. The lowest BCUT2D eigenvalue weighted by Gasteiger charge is -2.08. The summed E-state index contributed by atoms with van der Waals surface area (Å²) in [7, 11) is 1.91. The predicted octanol–water partition coefficient (Wildman–Crippen LogP) is 2.56. The molecule has 0 aliphatic carbocycles. The summed E-state index contributed by atoms with van der Waals surface area (Å²) in [4.78, 5) is 12.3. The van der Waals surface area contributed by atoms with Crippen LogP contribution in [0.25, 0.3) is 0 Å². The van der Waals surface area contributed by atoms with E-state index in [2.05, 4.69) is 24.0 Å². The van der Waals surface area contributed by atoms with Gasteiger partial charge in [0.05, 0.1) is 17.8 Å². The Morgan fingerprint density at radius 2 is 2.00 bits per heavy atom. The van der Waals surface area contributed by atoms with Crippen molar-refractivity contribution < 1.29 is 4.79 Å². The summed E-state index contributed by atoms with van der Waals surface area (Å²) in [6, 6.07) is 2.31. The van der Waals surface area contributed by atoms with E-state index in [4.69, 9.17) is 0 Å². The topological polar surface area (TPSA) is 52.7 Å². The molecule has 0 saturated carbocycles. The van der Waals surface area contributed by atoms with E-state index in [1.165, 1.54) is 0 Å². The Morgan fingerprint density at radius 3 is 2.57 bits per heavy atom. The summed E-state index contributed by atoms with van der Waals surface area (Å²) in [5, 5.41) is 8.84. The molecule has 0 radical (unpaired) electrons. The molecule has 0 aromatic carbocycles. The summed E-state index contributed by atoms with van der Waals surface area (Å²) >= 11 is 0. The normalized spacial score (nSPS) is 12.6. The fourth-order valence-electron chi connectivity index (χ4n) is 2.44. The van der Waals surface area contributed by atoms with E-state index >= 15 is 0 Å². The van der Waals surface area contributed by atoms with Crippen LogP contribution in [0.2, 0.25) is 0 Å². The maximum absolute atomic E-state index is 12.3. The van der Waals surface area contributed by atoms with Gasteiger partial charge in [-0.3, -0.25) is 14.2 Å². The zero-order valence-electron chi connectivity index (χ0n) is 13.6.